The van der Waals surface area contributed by atoms with Crippen molar-refractivity contribution >= 4 is 52.1 Å². The summed E-state index contributed by atoms with van der Waals surface area (Å²) in [7, 11) is 0. The fourth-order valence-corrected chi connectivity index (χ4v) is 8.27. The topological polar surface area (TPSA) is 152 Å². The summed E-state index contributed by atoms with van der Waals surface area (Å²) >= 11 is 6.29. The van der Waals surface area contributed by atoms with Crippen molar-refractivity contribution in [2.75, 3.05) is 57.1 Å². The standard InChI is InChI=1S/C46H50ClN5O7/c47-22-21-37(31-7-13-34(53)14-8-31)44(32-9-15-35(54)16-10-32)33-11-17-36(18-12-33)59-29-28-50-24-26-51(27-25-50)43(56)6-1-2-23-48-40-5-3-4-38-39(40)30-52(46(38)58)41-19-20-42(55)49-45(41)57/h3-5,7-18,41,48,53-54H,1-2,6,19-30H2,(H,49,55,57). The third-order valence-corrected chi connectivity index (χ3v) is 11.5. The third kappa shape index (κ3) is 10.1. The molecule has 3 aliphatic rings. The quantitative estimate of drug-likeness (QED) is 0.0445. The van der Waals surface area contributed by atoms with E-state index in [1.165, 1.54) is 0 Å². The van der Waals surface area contributed by atoms with Crippen molar-refractivity contribution in [2.45, 2.75) is 51.1 Å². The fourth-order valence-electron chi connectivity index (χ4n) is 8.08. The first-order chi connectivity index (χ1) is 28.7. The van der Waals surface area contributed by atoms with Crippen LogP contribution in [0.25, 0.3) is 11.1 Å². The van der Waals surface area contributed by atoms with E-state index in [0.717, 1.165) is 77.3 Å². The van der Waals surface area contributed by atoms with Crippen molar-refractivity contribution in [3.05, 3.63) is 119 Å². The predicted molar refractivity (Wildman–Crippen MR) is 227 cm³/mol. The molecule has 0 spiro atoms. The van der Waals surface area contributed by atoms with Crippen LogP contribution < -0.4 is 15.4 Å². The fraction of sp³-hybridized carbons (Fsp3) is 0.348. The number of alkyl halides is 1. The third-order valence-electron chi connectivity index (χ3n) is 11.3. The Morgan fingerprint density at radius 1 is 0.814 bits per heavy atom. The van der Waals surface area contributed by atoms with Crippen molar-refractivity contribution < 1.29 is 34.1 Å². The molecule has 0 bridgehead atoms. The molecule has 1 atom stereocenters. The number of imide groups is 1. The van der Waals surface area contributed by atoms with Crippen molar-refractivity contribution in [1.82, 2.24) is 20.0 Å². The molecule has 308 valence electrons. The van der Waals surface area contributed by atoms with Crippen molar-refractivity contribution in [1.29, 1.82) is 0 Å². The minimum atomic E-state index is -0.650. The molecule has 1 unspecified atom stereocenters. The number of benzene rings is 4. The van der Waals surface area contributed by atoms with E-state index in [1.54, 1.807) is 35.2 Å². The number of hydrogen-bond donors (Lipinski definition) is 4. The zero-order valence-corrected chi connectivity index (χ0v) is 33.8. The van der Waals surface area contributed by atoms with Gasteiger partial charge in [0.15, 0.2) is 0 Å². The zero-order chi connectivity index (χ0) is 41.3. The van der Waals surface area contributed by atoms with Crippen LogP contribution in [0.15, 0.2) is 91.0 Å². The van der Waals surface area contributed by atoms with E-state index in [0.29, 0.717) is 63.5 Å². The van der Waals surface area contributed by atoms with Crippen LogP contribution in [-0.4, -0.2) is 106 Å². The van der Waals surface area contributed by atoms with Gasteiger partial charge in [-0.15, -0.1) is 11.6 Å². The number of halogens is 1. The van der Waals surface area contributed by atoms with Gasteiger partial charge in [-0.1, -0.05) is 42.5 Å². The van der Waals surface area contributed by atoms with E-state index >= 15 is 0 Å². The van der Waals surface area contributed by atoms with Crippen LogP contribution in [0.3, 0.4) is 0 Å². The number of ether oxygens (including phenoxy) is 1. The van der Waals surface area contributed by atoms with Crippen LogP contribution in [-0.2, 0) is 20.9 Å². The van der Waals surface area contributed by atoms with Gasteiger partial charge in [-0.05, 0) is 102 Å². The number of carbonyl (C=O) groups is 4. The highest BCUT2D eigenvalue weighted by molar-refractivity contribution is 6.18. The van der Waals surface area contributed by atoms with E-state index in [1.807, 2.05) is 65.6 Å². The van der Waals surface area contributed by atoms with Gasteiger partial charge in [0.25, 0.3) is 5.91 Å². The second-order valence-electron chi connectivity index (χ2n) is 15.1. The molecule has 3 aliphatic heterocycles. The lowest BCUT2D eigenvalue weighted by Gasteiger charge is -2.34. The number of nitrogens with one attached hydrogen (secondary N) is 2. The molecule has 12 nitrogen and oxygen atoms in total. The molecule has 0 aromatic heterocycles. The van der Waals surface area contributed by atoms with Gasteiger partial charge in [0.05, 0.1) is 0 Å². The van der Waals surface area contributed by atoms with Crippen LogP contribution in [0.2, 0.25) is 0 Å². The minimum absolute atomic E-state index is 0.160. The van der Waals surface area contributed by atoms with Gasteiger partial charge in [0, 0.05) is 81.3 Å². The molecule has 7 rings (SSSR count). The Bertz CT molecular complexity index is 2170. The molecule has 4 aromatic rings. The summed E-state index contributed by atoms with van der Waals surface area (Å²) in [5, 5.41) is 25.6. The molecule has 0 saturated carbocycles. The number of phenolic OH excluding ortho intramolecular Hbond substituents is 2. The Morgan fingerprint density at radius 2 is 1.47 bits per heavy atom. The number of anilines is 1. The second kappa shape index (κ2) is 19.3. The summed E-state index contributed by atoms with van der Waals surface area (Å²) in [6.45, 7) is 5.15. The van der Waals surface area contributed by atoms with Gasteiger partial charge in [0.2, 0.25) is 17.7 Å². The Balaban J connectivity index is 0.839. The van der Waals surface area contributed by atoms with Crippen molar-refractivity contribution in [2.24, 2.45) is 0 Å². The maximum Gasteiger partial charge on any atom is 0.255 e. The molecule has 4 amide bonds. The largest absolute Gasteiger partial charge is 0.508 e. The molecule has 13 heteroatoms. The Labute approximate surface area is 349 Å². The summed E-state index contributed by atoms with van der Waals surface area (Å²) in [4.78, 5) is 56.0. The van der Waals surface area contributed by atoms with Crippen molar-refractivity contribution in [3.63, 3.8) is 0 Å². The van der Waals surface area contributed by atoms with Crippen LogP contribution in [0.5, 0.6) is 17.2 Å². The van der Waals surface area contributed by atoms with Gasteiger partial charge in [0.1, 0.15) is 29.9 Å². The van der Waals surface area contributed by atoms with Gasteiger partial charge in [-0.2, -0.15) is 0 Å². The van der Waals surface area contributed by atoms with Gasteiger partial charge >= 0.3 is 0 Å². The van der Waals surface area contributed by atoms with E-state index in [9.17, 15) is 29.4 Å². The number of hydrogen-bond acceptors (Lipinski definition) is 9. The summed E-state index contributed by atoms with van der Waals surface area (Å²) in [5.41, 5.74) is 7.17. The Morgan fingerprint density at radius 3 is 2.14 bits per heavy atom. The number of aromatic hydroxyl groups is 2. The number of piperidine rings is 1. The van der Waals surface area contributed by atoms with Gasteiger partial charge in [-0.25, -0.2) is 0 Å². The molecule has 3 heterocycles. The number of allylic oxidation sites excluding steroid dienone is 1. The average Bonchev–Trinajstić information content (AvgIpc) is 3.58. The molecule has 2 saturated heterocycles. The number of fused-ring (bicyclic) bond motifs is 1. The monoisotopic (exact) mass is 819 g/mol. The smallest absolute Gasteiger partial charge is 0.255 e. The number of rotatable bonds is 16. The zero-order valence-electron chi connectivity index (χ0n) is 33.0. The summed E-state index contributed by atoms with van der Waals surface area (Å²) < 4.78 is 6.15. The normalized spacial score (nSPS) is 17.4. The molecule has 0 aliphatic carbocycles. The first kappa shape index (κ1) is 41.3. The maximum absolute atomic E-state index is 13.1. The summed E-state index contributed by atoms with van der Waals surface area (Å²) in [6, 6.07) is 27.1. The molecular weight excluding hydrogens is 770 g/mol. The number of amides is 4. The number of piperazine rings is 1. The average molecular weight is 820 g/mol. The van der Waals surface area contributed by atoms with Gasteiger partial charge in [-0.3, -0.25) is 29.4 Å². The Hall–Kier alpha value is -5.85. The molecular formula is C46H50ClN5O7. The predicted octanol–water partition coefficient (Wildman–Crippen LogP) is 6.25. The molecule has 4 aromatic carbocycles. The SMILES string of the molecule is O=C1CCC(N2Cc3c(NCCCCC(=O)N4CCN(CCOc5ccc(C(=C(CCCl)c6ccc(O)cc6)c6ccc(O)cc6)cc5)CC4)cccc3C2=O)C(=O)N1. The molecule has 4 N–H and O–H groups in total. The lowest BCUT2D eigenvalue weighted by Crippen LogP contribution is -2.52. The van der Waals surface area contributed by atoms with Crippen LogP contribution in [0.1, 0.15) is 71.1 Å². The van der Waals surface area contributed by atoms with E-state index in [2.05, 4.69) is 15.5 Å². The summed E-state index contributed by atoms with van der Waals surface area (Å²) in [5.74, 6) is 0.782. The number of nitrogens with zero attached hydrogens (tertiary/aromatic N) is 3. The lowest BCUT2D eigenvalue weighted by atomic mass is 9.88. The highest BCUT2D eigenvalue weighted by Gasteiger charge is 2.39. The first-order valence-corrected chi connectivity index (χ1v) is 20.8. The highest BCUT2D eigenvalue weighted by Crippen LogP contribution is 2.37. The number of carbonyl (C=O) groups excluding carboxylic acids is 4. The van der Waals surface area contributed by atoms with Crippen LogP contribution >= 0.6 is 11.6 Å². The maximum atomic E-state index is 13.1. The van der Waals surface area contributed by atoms with Gasteiger partial charge < -0.3 is 30.1 Å². The number of unbranched alkanes of at least 4 members (excludes halogenated alkanes) is 1. The highest BCUT2D eigenvalue weighted by atomic mass is 35.5. The van der Waals surface area contributed by atoms with Crippen molar-refractivity contribution in [3.8, 4) is 17.2 Å². The first-order valence-electron chi connectivity index (χ1n) is 20.3. The lowest BCUT2D eigenvalue weighted by molar-refractivity contribution is -0.137. The van der Waals surface area contributed by atoms with Crippen LogP contribution in [0, 0.1) is 0 Å². The number of phenols is 2. The molecule has 0 radical (unpaired) electrons. The molecule has 59 heavy (non-hydrogen) atoms. The van der Waals surface area contributed by atoms with E-state index in [-0.39, 0.29) is 35.6 Å². The summed E-state index contributed by atoms with van der Waals surface area (Å²) in [6.07, 6.45) is 3.16. The molecule has 2 fully saturated rings. The van der Waals surface area contributed by atoms with E-state index < -0.39 is 11.9 Å². The Kier molecular flexibility index (Phi) is 13.5. The van der Waals surface area contributed by atoms with E-state index in [4.69, 9.17) is 16.3 Å². The second-order valence-corrected chi connectivity index (χ2v) is 15.5. The minimum Gasteiger partial charge on any atom is -0.508 e. The van der Waals surface area contributed by atoms with Crippen LogP contribution in [0.4, 0.5) is 5.69 Å².